The molecule has 2 atom stereocenters. The molecule has 40 heavy (non-hydrogen) atoms. The van der Waals surface area contributed by atoms with Crippen LogP contribution in [0.25, 0.3) is 28.0 Å². The van der Waals surface area contributed by atoms with Crippen molar-refractivity contribution in [3.63, 3.8) is 0 Å². The number of carbonyl (C=O) groups is 1. The number of carbonyl (C=O) groups excluding carboxylic acids is 1. The summed E-state index contributed by atoms with van der Waals surface area (Å²) in [4.78, 5) is 26.1. The van der Waals surface area contributed by atoms with Gasteiger partial charge in [-0.3, -0.25) is 14.8 Å². The van der Waals surface area contributed by atoms with Crippen LogP contribution in [-0.4, -0.2) is 50.5 Å². The van der Waals surface area contributed by atoms with Gasteiger partial charge in [0.1, 0.15) is 11.6 Å². The first kappa shape index (κ1) is 27.5. The molecule has 1 saturated heterocycles. The molecule has 0 saturated carbocycles. The van der Waals surface area contributed by atoms with E-state index in [4.69, 9.17) is 27.0 Å². The number of hydrogen-bond donors (Lipinski definition) is 1. The number of nitrogens with zero attached hydrogens (tertiary/aromatic N) is 5. The van der Waals surface area contributed by atoms with E-state index >= 15 is 0 Å². The molecule has 0 aliphatic carbocycles. The third kappa shape index (κ3) is 4.77. The van der Waals surface area contributed by atoms with E-state index in [2.05, 4.69) is 25.3 Å². The van der Waals surface area contributed by atoms with Crippen LogP contribution in [0.4, 0.5) is 10.2 Å². The lowest BCUT2D eigenvalue weighted by Gasteiger charge is -2.44. The number of para-hydroxylation sites is 1. The number of fused-ring (bicyclic) bond motifs is 1. The fraction of sp³-hybridized carbons (Fsp3) is 0.290. The SMILES string of the molecule is C=CC(=O)N1CC(C)N(c2nc(=N)n(-c3ccccc3C(C)C)c3nc(-c4ccccc4F)c(Cl)cc23)CC1C. The number of rotatable bonds is 5. The Balaban J connectivity index is 1.80. The molecule has 7 nitrogen and oxygen atoms in total. The Morgan fingerprint density at radius 2 is 1.80 bits per heavy atom. The summed E-state index contributed by atoms with van der Waals surface area (Å²) in [5.41, 5.74) is 2.83. The Kier molecular flexibility index (Phi) is 7.47. The number of nitrogens with one attached hydrogen (secondary N) is 1. The van der Waals surface area contributed by atoms with Gasteiger partial charge >= 0.3 is 0 Å². The normalized spacial score (nSPS) is 17.5. The van der Waals surface area contributed by atoms with E-state index in [1.807, 2.05) is 38.1 Å². The molecule has 3 heterocycles. The second-order valence-corrected chi connectivity index (χ2v) is 10.9. The fourth-order valence-corrected chi connectivity index (χ4v) is 5.69. The molecule has 2 aromatic carbocycles. The van der Waals surface area contributed by atoms with Gasteiger partial charge < -0.3 is 9.80 Å². The predicted molar refractivity (Wildman–Crippen MR) is 157 cm³/mol. The minimum absolute atomic E-state index is 0.00523. The average molecular weight is 559 g/mol. The summed E-state index contributed by atoms with van der Waals surface area (Å²) in [5, 5.41) is 10.0. The summed E-state index contributed by atoms with van der Waals surface area (Å²) in [7, 11) is 0. The zero-order valence-corrected chi connectivity index (χ0v) is 23.8. The smallest absolute Gasteiger partial charge is 0.246 e. The zero-order valence-electron chi connectivity index (χ0n) is 23.0. The van der Waals surface area contributed by atoms with Crippen molar-refractivity contribution in [3.8, 4) is 16.9 Å². The van der Waals surface area contributed by atoms with Gasteiger partial charge in [0.15, 0.2) is 5.65 Å². The summed E-state index contributed by atoms with van der Waals surface area (Å²) >= 11 is 6.79. The number of anilines is 1. The van der Waals surface area contributed by atoms with Crippen molar-refractivity contribution >= 4 is 34.4 Å². The number of hydrogen-bond acceptors (Lipinski definition) is 5. The first-order valence-corrected chi connectivity index (χ1v) is 13.7. The first-order valence-electron chi connectivity index (χ1n) is 13.3. The van der Waals surface area contributed by atoms with E-state index < -0.39 is 5.82 Å². The first-order chi connectivity index (χ1) is 19.1. The lowest BCUT2D eigenvalue weighted by molar-refractivity contribution is -0.128. The van der Waals surface area contributed by atoms with E-state index in [0.717, 1.165) is 11.3 Å². The van der Waals surface area contributed by atoms with Crippen LogP contribution < -0.4 is 10.5 Å². The molecular formula is C31H32ClFN6O. The molecule has 0 spiro atoms. The highest BCUT2D eigenvalue weighted by Crippen LogP contribution is 2.36. The van der Waals surface area contributed by atoms with E-state index in [9.17, 15) is 9.18 Å². The van der Waals surface area contributed by atoms with Gasteiger partial charge in [-0.2, -0.15) is 4.98 Å². The highest BCUT2D eigenvalue weighted by Gasteiger charge is 2.33. The summed E-state index contributed by atoms with van der Waals surface area (Å²) in [6, 6.07) is 15.8. The number of halogens is 2. The number of benzene rings is 2. The molecule has 2 unspecified atom stereocenters. The van der Waals surface area contributed by atoms with Crippen LogP contribution >= 0.6 is 11.6 Å². The molecule has 2 aromatic heterocycles. The third-order valence-electron chi connectivity index (χ3n) is 7.48. The predicted octanol–water partition coefficient (Wildman–Crippen LogP) is 6.09. The Morgan fingerprint density at radius 3 is 2.50 bits per heavy atom. The lowest BCUT2D eigenvalue weighted by Crippen LogP contribution is -2.58. The quantitative estimate of drug-likeness (QED) is 0.300. The maximum absolute atomic E-state index is 14.9. The fourth-order valence-electron chi connectivity index (χ4n) is 5.44. The van der Waals surface area contributed by atoms with Crippen molar-refractivity contribution in [1.82, 2.24) is 19.4 Å². The second-order valence-electron chi connectivity index (χ2n) is 10.5. The highest BCUT2D eigenvalue weighted by molar-refractivity contribution is 6.33. The number of piperazine rings is 1. The van der Waals surface area contributed by atoms with E-state index in [1.54, 1.807) is 33.7 Å². The molecule has 1 amide bonds. The lowest BCUT2D eigenvalue weighted by atomic mass is 10.0. The van der Waals surface area contributed by atoms with Gasteiger partial charge in [-0.05, 0) is 55.7 Å². The molecule has 206 valence electrons. The maximum Gasteiger partial charge on any atom is 0.246 e. The summed E-state index contributed by atoms with van der Waals surface area (Å²) in [5.74, 6) is 0.176. The van der Waals surface area contributed by atoms with Crippen LogP contribution in [0, 0.1) is 11.2 Å². The molecule has 1 fully saturated rings. The zero-order chi connectivity index (χ0) is 28.7. The Morgan fingerprint density at radius 1 is 1.10 bits per heavy atom. The van der Waals surface area contributed by atoms with Crippen molar-refractivity contribution < 1.29 is 9.18 Å². The molecule has 1 N–H and O–H groups in total. The number of aromatic nitrogens is 3. The van der Waals surface area contributed by atoms with Gasteiger partial charge in [-0.25, -0.2) is 9.37 Å². The molecule has 0 radical (unpaired) electrons. The summed E-state index contributed by atoms with van der Waals surface area (Å²) in [6.45, 7) is 12.8. The molecule has 9 heteroatoms. The topological polar surface area (TPSA) is 78.1 Å². The number of pyridine rings is 1. The van der Waals surface area contributed by atoms with Crippen LogP contribution in [0.2, 0.25) is 5.02 Å². The van der Waals surface area contributed by atoms with E-state index in [0.29, 0.717) is 35.6 Å². The molecular weight excluding hydrogens is 527 g/mol. The molecule has 1 aliphatic rings. The molecule has 0 bridgehead atoms. The Hall–Kier alpha value is -4.04. The van der Waals surface area contributed by atoms with Crippen LogP contribution in [0.15, 0.2) is 67.3 Å². The van der Waals surface area contributed by atoms with Gasteiger partial charge in [-0.15, -0.1) is 0 Å². The second kappa shape index (κ2) is 10.8. The largest absolute Gasteiger partial charge is 0.349 e. The number of amides is 1. The van der Waals surface area contributed by atoms with Crippen LogP contribution in [0.5, 0.6) is 0 Å². The van der Waals surface area contributed by atoms with Crippen LogP contribution in [0.1, 0.15) is 39.2 Å². The summed E-state index contributed by atoms with van der Waals surface area (Å²) < 4.78 is 16.6. The van der Waals surface area contributed by atoms with E-state index in [1.165, 1.54) is 12.1 Å². The van der Waals surface area contributed by atoms with Crippen molar-refractivity contribution in [1.29, 1.82) is 5.41 Å². The van der Waals surface area contributed by atoms with Gasteiger partial charge in [0.05, 0.1) is 21.8 Å². The van der Waals surface area contributed by atoms with E-state index in [-0.39, 0.29) is 40.1 Å². The third-order valence-corrected chi connectivity index (χ3v) is 7.76. The minimum Gasteiger partial charge on any atom is -0.349 e. The standard InChI is InChI=1S/C31H32ClFN6O/c1-6-27(40)37-16-20(5)38(17-19(37)4)29-23-15-24(32)28(22-12-7-9-13-25(22)33)35-30(23)39(31(34)36-29)26-14-10-8-11-21(26)18(2)3/h6-15,18-20,34H,1,16-17H2,2-5H3. The highest BCUT2D eigenvalue weighted by atomic mass is 35.5. The maximum atomic E-state index is 14.9. The van der Waals surface area contributed by atoms with Crippen molar-refractivity contribution in [2.45, 2.75) is 45.7 Å². The summed E-state index contributed by atoms with van der Waals surface area (Å²) in [6.07, 6.45) is 1.33. The van der Waals surface area contributed by atoms with Gasteiger partial charge in [0, 0.05) is 30.7 Å². The van der Waals surface area contributed by atoms with Gasteiger partial charge in [-0.1, -0.05) is 62.4 Å². The van der Waals surface area contributed by atoms with Crippen molar-refractivity contribution in [3.05, 3.63) is 89.3 Å². The van der Waals surface area contributed by atoms with Gasteiger partial charge in [0.2, 0.25) is 11.5 Å². The Labute approximate surface area is 238 Å². The van der Waals surface area contributed by atoms with Crippen molar-refractivity contribution in [2.24, 2.45) is 0 Å². The Bertz CT molecular complexity index is 1680. The molecule has 5 rings (SSSR count). The van der Waals surface area contributed by atoms with Gasteiger partial charge in [0.25, 0.3) is 0 Å². The minimum atomic E-state index is -0.434. The molecule has 1 aliphatic heterocycles. The van der Waals surface area contributed by atoms with Crippen molar-refractivity contribution in [2.75, 3.05) is 18.0 Å². The average Bonchev–Trinajstić information content (AvgIpc) is 2.93. The van der Waals surface area contributed by atoms with Crippen LogP contribution in [-0.2, 0) is 4.79 Å². The molecule has 4 aromatic rings. The van der Waals surface area contributed by atoms with Crippen LogP contribution in [0.3, 0.4) is 0 Å². The monoisotopic (exact) mass is 558 g/mol.